The highest BCUT2D eigenvalue weighted by atomic mass is 16.2. The van der Waals surface area contributed by atoms with Gasteiger partial charge in [-0.2, -0.15) is 0 Å². The highest BCUT2D eigenvalue weighted by Crippen LogP contribution is 2.28. The van der Waals surface area contributed by atoms with E-state index in [0.29, 0.717) is 12.5 Å². The van der Waals surface area contributed by atoms with Crippen LogP contribution in [0, 0.1) is 5.92 Å². The van der Waals surface area contributed by atoms with Gasteiger partial charge in [-0.05, 0) is 30.4 Å². The highest BCUT2D eigenvalue weighted by Gasteiger charge is 2.28. The van der Waals surface area contributed by atoms with Crippen LogP contribution in [0.1, 0.15) is 24.0 Å². The van der Waals surface area contributed by atoms with Crippen molar-refractivity contribution in [2.75, 3.05) is 6.54 Å². The number of hydrogen-bond acceptors (Lipinski definition) is 2. The number of carbonyl (C=O) groups is 1. The standard InChI is InChI=1S/C13H18N2O/c14-9-11-3-1-10(2-4-11)7-8-15-13(16)12-5-6-12/h1-4,12H,5-9,14H2,(H,15,16). The molecule has 0 aliphatic heterocycles. The third-order valence-electron chi connectivity index (χ3n) is 2.92. The summed E-state index contributed by atoms with van der Waals surface area (Å²) in [6.07, 6.45) is 3.03. The van der Waals surface area contributed by atoms with Gasteiger partial charge >= 0.3 is 0 Å². The van der Waals surface area contributed by atoms with Crippen molar-refractivity contribution < 1.29 is 4.79 Å². The number of carbonyl (C=O) groups excluding carboxylic acids is 1. The minimum atomic E-state index is 0.221. The second-order valence-electron chi connectivity index (χ2n) is 4.34. The van der Waals surface area contributed by atoms with Crippen LogP contribution in [0.5, 0.6) is 0 Å². The molecule has 0 spiro atoms. The van der Waals surface area contributed by atoms with Gasteiger partial charge in [0.1, 0.15) is 0 Å². The lowest BCUT2D eigenvalue weighted by atomic mass is 10.1. The van der Waals surface area contributed by atoms with Crippen LogP contribution in [0.4, 0.5) is 0 Å². The SMILES string of the molecule is NCc1ccc(CCNC(=O)C2CC2)cc1. The minimum absolute atomic E-state index is 0.221. The predicted molar refractivity (Wildman–Crippen MR) is 63.8 cm³/mol. The first kappa shape index (κ1) is 11.1. The molecule has 1 aliphatic rings. The molecule has 1 amide bonds. The fourth-order valence-electron chi connectivity index (χ4n) is 1.66. The molecule has 1 aromatic carbocycles. The maximum atomic E-state index is 11.4. The number of amides is 1. The number of rotatable bonds is 5. The lowest BCUT2D eigenvalue weighted by molar-refractivity contribution is -0.122. The molecule has 2 rings (SSSR count). The van der Waals surface area contributed by atoms with Crippen molar-refractivity contribution in [3.05, 3.63) is 35.4 Å². The maximum Gasteiger partial charge on any atom is 0.223 e. The van der Waals surface area contributed by atoms with E-state index in [1.54, 1.807) is 0 Å². The van der Waals surface area contributed by atoms with E-state index in [0.717, 1.165) is 31.4 Å². The first-order valence-electron chi connectivity index (χ1n) is 5.85. The molecule has 0 aromatic heterocycles. The fourth-order valence-corrected chi connectivity index (χ4v) is 1.66. The number of nitrogens with two attached hydrogens (primary N) is 1. The summed E-state index contributed by atoms with van der Waals surface area (Å²) in [7, 11) is 0. The molecule has 3 N–H and O–H groups in total. The van der Waals surface area contributed by atoms with Crippen LogP contribution < -0.4 is 11.1 Å². The maximum absolute atomic E-state index is 11.4. The molecular weight excluding hydrogens is 200 g/mol. The average Bonchev–Trinajstić information content (AvgIpc) is 3.14. The van der Waals surface area contributed by atoms with Gasteiger partial charge in [-0.1, -0.05) is 24.3 Å². The van der Waals surface area contributed by atoms with E-state index < -0.39 is 0 Å². The van der Waals surface area contributed by atoms with Gasteiger partial charge in [0.05, 0.1) is 0 Å². The van der Waals surface area contributed by atoms with Gasteiger partial charge in [0, 0.05) is 19.0 Å². The van der Waals surface area contributed by atoms with Crippen LogP contribution >= 0.6 is 0 Å². The molecule has 3 nitrogen and oxygen atoms in total. The predicted octanol–water partition coefficient (Wildman–Crippen LogP) is 1.21. The first-order valence-corrected chi connectivity index (χ1v) is 5.85. The summed E-state index contributed by atoms with van der Waals surface area (Å²) < 4.78 is 0. The van der Waals surface area contributed by atoms with Crippen molar-refractivity contribution in [2.24, 2.45) is 11.7 Å². The Labute approximate surface area is 96.0 Å². The topological polar surface area (TPSA) is 55.1 Å². The van der Waals surface area contributed by atoms with Gasteiger partial charge in [-0.15, -0.1) is 0 Å². The van der Waals surface area contributed by atoms with Crippen LogP contribution in [0.25, 0.3) is 0 Å². The molecule has 1 aromatic rings. The number of benzene rings is 1. The Bertz CT molecular complexity index is 355. The van der Waals surface area contributed by atoms with Crippen LogP contribution in [-0.4, -0.2) is 12.5 Å². The van der Waals surface area contributed by atoms with E-state index in [4.69, 9.17) is 5.73 Å². The molecule has 0 atom stereocenters. The third-order valence-corrected chi connectivity index (χ3v) is 2.92. The lowest BCUT2D eigenvalue weighted by Gasteiger charge is -2.05. The lowest BCUT2D eigenvalue weighted by Crippen LogP contribution is -2.26. The number of nitrogens with one attached hydrogen (secondary N) is 1. The van der Waals surface area contributed by atoms with Crippen LogP contribution in [0.3, 0.4) is 0 Å². The average molecular weight is 218 g/mol. The summed E-state index contributed by atoms with van der Waals surface area (Å²) >= 11 is 0. The molecule has 0 unspecified atom stereocenters. The van der Waals surface area contributed by atoms with Crippen molar-refractivity contribution in [3.8, 4) is 0 Å². The third kappa shape index (κ3) is 3.07. The van der Waals surface area contributed by atoms with Crippen molar-refractivity contribution in [3.63, 3.8) is 0 Å². The highest BCUT2D eigenvalue weighted by molar-refractivity contribution is 5.80. The van der Waals surface area contributed by atoms with Gasteiger partial charge in [0.2, 0.25) is 5.91 Å². The van der Waals surface area contributed by atoms with E-state index >= 15 is 0 Å². The molecule has 16 heavy (non-hydrogen) atoms. The van der Waals surface area contributed by atoms with E-state index in [2.05, 4.69) is 17.4 Å². The molecule has 1 saturated carbocycles. The van der Waals surface area contributed by atoms with Crippen molar-refractivity contribution in [1.29, 1.82) is 0 Å². The van der Waals surface area contributed by atoms with E-state index in [-0.39, 0.29) is 5.91 Å². The molecule has 0 bridgehead atoms. The second-order valence-corrected chi connectivity index (χ2v) is 4.34. The molecule has 1 fully saturated rings. The van der Waals surface area contributed by atoms with Crippen LogP contribution in [-0.2, 0) is 17.8 Å². The molecular formula is C13H18N2O. The van der Waals surface area contributed by atoms with Gasteiger partial charge in [0.15, 0.2) is 0 Å². The van der Waals surface area contributed by atoms with Gasteiger partial charge < -0.3 is 11.1 Å². The van der Waals surface area contributed by atoms with Gasteiger partial charge in [0.25, 0.3) is 0 Å². The van der Waals surface area contributed by atoms with Gasteiger partial charge in [-0.3, -0.25) is 4.79 Å². The van der Waals surface area contributed by atoms with Crippen molar-refractivity contribution in [1.82, 2.24) is 5.32 Å². The minimum Gasteiger partial charge on any atom is -0.356 e. The number of hydrogen-bond donors (Lipinski definition) is 2. The molecule has 0 heterocycles. The zero-order valence-corrected chi connectivity index (χ0v) is 9.41. The zero-order chi connectivity index (χ0) is 11.4. The Morgan fingerprint density at radius 2 is 1.88 bits per heavy atom. The summed E-state index contributed by atoms with van der Waals surface area (Å²) in [4.78, 5) is 11.4. The Morgan fingerprint density at radius 3 is 2.44 bits per heavy atom. The van der Waals surface area contributed by atoms with Gasteiger partial charge in [-0.25, -0.2) is 0 Å². The first-order chi connectivity index (χ1) is 7.79. The fraction of sp³-hybridized carbons (Fsp3) is 0.462. The van der Waals surface area contributed by atoms with E-state index in [1.165, 1.54) is 5.56 Å². The zero-order valence-electron chi connectivity index (χ0n) is 9.41. The Morgan fingerprint density at radius 1 is 1.25 bits per heavy atom. The smallest absolute Gasteiger partial charge is 0.223 e. The normalized spacial score (nSPS) is 14.8. The van der Waals surface area contributed by atoms with E-state index in [1.807, 2.05) is 12.1 Å². The van der Waals surface area contributed by atoms with Crippen LogP contribution in [0.15, 0.2) is 24.3 Å². The summed E-state index contributed by atoms with van der Waals surface area (Å²) in [5.74, 6) is 0.526. The molecule has 0 saturated heterocycles. The summed E-state index contributed by atoms with van der Waals surface area (Å²) in [5, 5.41) is 2.96. The molecule has 1 aliphatic carbocycles. The molecule has 86 valence electrons. The summed E-state index contributed by atoms with van der Waals surface area (Å²) in [6, 6.07) is 8.23. The second kappa shape index (κ2) is 5.12. The molecule has 0 radical (unpaired) electrons. The monoisotopic (exact) mass is 218 g/mol. The Kier molecular flexibility index (Phi) is 3.57. The van der Waals surface area contributed by atoms with Crippen LogP contribution in [0.2, 0.25) is 0 Å². The summed E-state index contributed by atoms with van der Waals surface area (Å²) in [6.45, 7) is 1.32. The van der Waals surface area contributed by atoms with Crippen molar-refractivity contribution in [2.45, 2.75) is 25.8 Å². The molecule has 3 heteroatoms. The Balaban J connectivity index is 1.73. The quantitative estimate of drug-likeness (QED) is 0.780. The largest absolute Gasteiger partial charge is 0.356 e. The Hall–Kier alpha value is -1.35. The van der Waals surface area contributed by atoms with E-state index in [9.17, 15) is 4.79 Å². The van der Waals surface area contributed by atoms with Crippen molar-refractivity contribution >= 4 is 5.91 Å². The summed E-state index contributed by atoms with van der Waals surface area (Å²) in [5.41, 5.74) is 7.91.